The van der Waals surface area contributed by atoms with Crippen LogP contribution in [0.2, 0.25) is 0 Å². The number of rotatable bonds is 5. The number of benzene rings is 1. The number of terminal acetylenes is 1. The first-order chi connectivity index (χ1) is 8.52. The van der Waals surface area contributed by atoms with Crippen molar-refractivity contribution in [3.8, 4) is 12.3 Å². The van der Waals surface area contributed by atoms with Crippen molar-refractivity contribution in [2.24, 2.45) is 0 Å². The van der Waals surface area contributed by atoms with Gasteiger partial charge in [0.1, 0.15) is 6.04 Å². The van der Waals surface area contributed by atoms with Gasteiger partial charge in [0.2, 0.25) is 5.91 Å². The molecule has 94 valence electrons. The molecule has 1 amide bonds. The van der Waals surface area contributed by atoms with Crippen molar-refractivity contribution in [3.63, 3.8) is 0 Å². The van der Waals surface area contributed by atoms with E-state index in [1.54, 1.807) is 24.3 Å². The summed E-state index contributed by atoms with van der Waals surface area (Å²) < 4.78 is 0. The molecule has 1 aromatic carbocycles. The van der Waals surface area contributed by atoms with E-state index in [1.807, 2.05) is 0 Å². The van der Waals surface area contributed by atoms with Crippen LogP contribution >= 0.6 is 0 Å². The number of carboxylic acids is 1. The number of nitrogens with two attached hydrogens (primary N) is 1. The van der Waals surface area contributed by atoms with Gasteiger partial charge in [-0.2, -0.15) is 0 Å². The first-order valence-corrected chi connectivity index (χ1v) is 5.33. The molecule has 1 unspecified atom stereocenters. The molecule has 5 heteroatoms. The van der Waals surface area contributed by atoms with Crippen molar-refractivity contribution >= 4 is 17.6 Å². The van der Waals surface area contributed by atoms with Crippen LogP contribution in [0.25, 0.3) is 0 Å². The number of hydrogen-bond donors (Lipinski definition) is 3. The Bertz CT molecular complexity index is 491. The van der Waals surface area contributed by atoms with Gasteiger partial charge < -0.3 is 16.2 Å². The molecule has 0 aliphatic rings. The molecule has 0 spiro atoms. The molecule has 1 aromatic rings. The molecule has 1 rings (SSSR count). The van der Waals surface area contributed by atoms with Gasteiger partial charge in [0.15, 0.2) is 0 Å². The minimum atomic E-state index is -1.14. The third kappa shape index (κ3) is 4.18. The average molecular weight is 246 g/mol. The lowest BCUT2D eigenvalue weighted by Gasteiger charge is -2.11. The Balaban J connectivity index is 2.61. The van der Waals surface area contributed by atoms with E-state index in [4.69, 9.17) is 17.3 Å². The van der Waals surface area contributed by atoms with Crippen LogP contribution in [0.4, 0.5) is 5.69 Å². The topological polar surface area (TPSA) is 92.4 Å². The predicted octanol–water partition coefficient (Wildman–Crippen LogP) is 0.404. The van der Waals surface area contributed by atoms with Crippen molar-refractivity contribution in [1.82, 2.24) is 5.32 Å². The van der Waals surface area contributed by atoms with Gasteiger partial charge in [-0.25, -0.2) is 4.79 Å². The molecule has 0 saturated carbocycles. The number of carbonyl (C=O) groups excluding carboxylic acids is 1. The van der Waals surface area contributed by atoms with Crippen LogP contribution in [0.1, 0.15) is 12.0 Å². The van der Waals surface area contributed by atoms with Crippen LogP contribution in [0.15, 0.2) is 24.3 Å². The summed E-state index contributed by atoms with van der Waals surface area (Å²) in [7, 11) is 0. The third-order valence-electron chi connectivity index (χ3n) is 2.27. The van der Waals surface area contributed by atoms with Gasteiger partial charge >= 0.3 is 5.97 Å². The lowest BCUT2D eigenvalue weighted by molar-refractivity contribution is -0.141. The molecule has 0 saturated heterocycles. The summed E-state index contributed by atoms with van der Waals surface area (Å²) in [5, 5.41) is 11.2. The molecule has 0 radical (unpaired) electrons. The summed E-state index contributed by atoms with van der Waals surface area (Å²) in [4.78, 5) is 22.4. The fourth-order valence-electron chi connectivity index (χ4n) is 1.45. The minimum absolute atomic E-state index is 0.0436. The summed E-state index contributed by atoms with van der Waals surface area (Å²) in [6.07, 6.45) is 5.06. The lowest BCUT2D eigenvalue weighted by atomic mass is 10.1. The maximum Gasteiger partial charge on any atom is 0.327 e. The lowest BCUT2D eigenvalue weighted by Crippen LogP contribution is -2.41. The second kappa shape index (κ2) is 6.30. The van der Waals surface area contributed by atoms with Crippen molar-refractivity contribution in [2.45, 2.75) is 18.9 Å². The van der Waals surface area contributed by atoms with Gasteiger partial charge in [0.05, 0.1) is 6.42 Å². The van der Waals surface area contributed by atoms with E-state index in [0.29, 0.717) is 5.69 Å². The highest BCUT2D eigenvalue weighted by Gasteiger charge is 2.18. The molecule has 0 aromatic heterocycles. The summed E-state index contributed by atoms with van der Waals surface area (Å²) >= 11 is 0. The number of anilines is 1. The van der Waals surface area contributed by atoms with E-state index in [0.717, 1.165) is 5.56 Å². The molecule has 0 bridgehead atoms. The van der Waals surface area contributed by atoms with Crippen LogP contribution in [-0.2, 0) is 16.0 Å². The monoisotopic (exact) mass is 246 g/mol. The van der Waals surface area contributed by atoms with E-state index in [1.165, 1.54) is 0 Å². The largest absolute Gasteiger partial charge is 0.480 e. The Hall–Kier alpha value is -2.48. The van der Waals surface area contributed by atoms with Gasteiger partial charge in [-0.05, 0) is 17.7 Å². The smallest absolute Gasteiger partial charge is 0.327 e. The molecule has 1 atom stereocenters. The Morgan fingerprint density at radius 1 is 1.50 bits per heavy atom. The minimum Gasteiger partial charge on any atom is -0.480 e. The van der Waals surface area contributed by atoms with E-state index in [2.05, 4.69) is 11.2 Å². The normalized spacial score (nSPS) is 11.3. The van der Waals surface area contributed by atoms with Crippen LogP contribution < -0.4 is 11.1 Å². The molecule has 18 heavy (non-hydrogen) atoms. The molecule has 0 heterocycles. The van der Waals surface area contributed by atoms with E-state index in [-0.39, 0.29) is 12.8 Å². The number of nitrogens with one attached hydrogen (secondary N) is 1. The quantitative estimate of drug-likeness (QED) is 0.518. The molecule has 0 fully saturated rings. The van der Waals surface area contributed by atoms with Crippen molar-refractivity contribution < 1.29 is 14.7 Å². The SMILES string of the molecule is C#CCC(NC(=O)Cc1cccc(N)c1)C(=O)O. The number of carbonyl (C=O) groups is 2. The van der Waals surface area contributed by atoms with E-state index >= 15 is 0 Å². The summed E-state index contributed by atoms with van der Waals surface area (Å²) in [5.74, 6) is 0.668. The second-order valence-electron chi connectivity index (χ2n) is 3.79. The highest BCUT2D eigenvalue weighted by atomic mass is 16.4. The molecular formula is C13H14N2O3. The predicted molar refractivity (Wildman–Crippen MR) is 67.6 cm³/mol. The first-order valence-electron chi connectivity index (χ1n) is 5.33. The van der Waals surface area contributed by atoms with Crippen LogP contribution in [0.5, 0.6) is 0 Å². The Morgan fingerprint density at radius 2 is 2.22 bits per heavy atom. The summed E-state index contributed by atoms with van der Waals surface area (Å²) in [6, 6.07) is 5.79. The second-order valence-corrected chi connectivity index (χ2v) is 3.79. The van der Waals surface area contributed by atoms with Crippen LogP contribution in [-0.4, -0.2) is 23.0 Å². The number of aliphatic carboxylic acids is 1. The Morgan fingerprint density at radius 3 is 2.78 bits per heavy atom. The number of hydrogen-bond acceptors (Lipinski definition) is 3. The van der Waals surface area contributed by atoms with Gasteiger partial charge in [-0.3, -0.25) is 4.79 Å². The third-order valence-corrected chi connectivity index (χ3v) is 2.27. The highest BCUT2D eigenvalue weighted by molar-refractivity contribution is 5.85. The maximum atomic E-state index is 11.6. The zero-order valence-corrected chi connectivity index (χ0v) is 9.72. The number of amides is 1. The van der Waals surface area contributed by atoms with Crippen LogP contribution in [0.3, 0.4) is 0 Å². The molecular weight excluding hydrogens is 232 g/mol. The average Bonchev–Trinajstić information content (AvgIpc) is 2.28. The van der Waals surface area contributed by atoms with Crippen molar-refractivity contribution in [3.05, 3.63) is 29.8 Å². The van der Waals surface area contributed by atoms with Crippen molar-refractivity contribution in [2.75, 3.05) is 5.73 Å². The maximum absolute atomic E-state index is 11.6. The zero-order valence-electron chi connectivity index (χ0n) is 9.72. The van der Waals surface area contributed by atoms with E-state index < -0.39 is 17.9 Å². The first kappa shape index (κ1) is 13.6. The molecule has 4 N–H and O–H groups in total. The summed E-state index contributed by atoms with van der Waals surface area (Å²) in [6.45, 7) is 0. The molecule has 0 aliphatic heterocycles. The Kier molecular flexibility index (Phi) is 4.76. The van der Waals surface area contributed by atoms with Gasteiger partial charge in [-0.1, -0.05) is 12.1 Å². The van der Waals surface area contributed by atoms with E-state index in [9.17, 15) is 9.59 Å². The Labute approximate surface area is 105 Å². The zero-order chi connectivity index (χ0) is 13.5. The van der Waals surface area contributed by atoms with Crippen LogP contribution in [0, 0.1) is 12.3 Å². The summed E-state index contributed by atoms with van der Waals surface area (Å²) in [5.41, 5.74) is 6.85. The highest BCUT2D eigenvalue weighted by Crippen LogP contribution is 2.07. The molecule has 5 nitrogen and oxygen atoms in total. The fraction of sp³-hybridized carbons (Fsp3) is 0.231. The van der Waals surface area contributed by atoms with Gasteiger partial charge in [-0.15, -0.1) is 12.3 Å². The molecule has 0 aliphatic carbocycles. The number of nitrogen functional groups attached to an aromatic ring is 1. The standard InChI is InChI=1S/C13H14N2O3/c1-2-4-11(13(17)18)15-12(16)8-9-5-3-6-10(14)7-9/h1,3,5-7,11H,4,8,14H2,(H,15,16)(H,17,18). The number of carboxylic acid groups (broad SMARTS) is 1. The van der Waals surface area contributed by atoms with Gasteiger partial charge in [0.25, 0.3) is 0 Å². The van der Waals surface area contributed by atoms with Crippen molar-refractivity contribution in [1.29, 1.82) is 0 Å². The van der Waals surface area contributed by atoms with Gasteiger partial charge in [0, 0.05) is 12.1 Å². The fourth-order valence-corrected chi connectivity index (χ4v) is 1.45.